The second-order valence-electron chi connectivity index (χ2n) is 16.2. The molecule has 0 aliphatic carbocycles. The number of hydrogen-bond acceptors (Lipinski definition) is 12. The Morgan fingerprint density at radius 3 is 1.54 bits per heavy atom. The van der Waals surface area contributed by atoms with E-state index in [9.17, 15) is 43.8 Å². The monoisotopic (exact) mass is 894 g/mol. The number of imidazole rings is 1. The molecule has 1 heterocycles. The van der Waals surface area contributed by atoms with E-state index in [1.54, 1.807) is 13.8 Å². The number of aliphatic hydroxyl groups excluding tert-OH is 1. The number of nitrogens with one attached hydrogen (secondary N) is 7. The normalized spacial score (nSPS) is 15.0. The van der Waals surface area contributed by atoms with Crippen molar-refractivity contribution in [3.05, 3.63) is 18.2 Å². The highest BCUT2D eigenvalue weighted by atomic mass is 16.4. The molecule has 8 atom stereocenters. The number of carbonyl (C=O) groups is 7. The topological polar surface area (TPSA) is 416 Å². The van der Waals surface area contributed by atoms with Crippen LogP contribution in [0.2, 0.25) is 0 Å². The van der Waals surface area contributed by atoms with Gasteiger partial charge in [-0.25, -0.2) is 9.78 Å². The molecule has 63 heavy (non-hydrogen) atoms. The smallest absolute Gasteiger partial charge is 0.326 e. The highest BCUT2D eigenvalue weighted by molar-refractivity contribution is 5.97. The molecular formula is C39H71N15O9. The number of rotatable bonds is 30. The van der Waals surface area contributed by atoms with Crippen molar-refractivity contribution in [3.63, 3.8) is 0 Å². The van der Waals surface area contributed by atoms with E-state index >= 15 is 0 Å². The molecule has 0 radical (unpaired) electrons. The maximum Gasteiger partial charge on any atom is 0.326 e. The molecule has 1 rings (SSSR count). The van der Waals surface area contributed by atoms with E-state index in [2.05, 4.69) is 51.9 Å². The number of hydrogen-bond donors (Lipinski definition) is 14. The molecule has 1 aromatic heterocycles. The summed E-state index contributed by atoms with van der Waals surface area (Å²) >= 11 is 0. The van der Waals surface area contributed by atoms with E-state index in [-0.39, 0.29) is 75.4 Å². The molecule has 0 aliphatic heterocycles. The number of aliphatic hydroxyl groups is 1. The van der Waals surface area contributed by atoms with Crippen LogP contribution in [-0.2, 0) is 40.0 Å². The van der Waals surface area contributed by atoms with Crippen molar-refractivity contribution in [2.24, 2.45) is 56.4 Å². The number of aromatic nitrogens is 2. The Morgan fingerprint density at radius 1 is 0.667 bits per heavy atom. The van der Waals surface area contributed by atoms with Crippen LogP contribution in [0.1, 0.15) is 92.2 Å². The van der Waals surface area contributed by atoms with Crippen LogP contribution in [0.5, 0.6) is 0 Å². The third-order valence-corrected chi connectivity index (χ3v) is 9.76. The highest BCUT2D eigenvalue weighted by Crippen LogP contribution is 2.12. The zero-order valence-electron chi connectivity index (χ0n) is 37.2. The molecule has 19 N–H and O–H groups in total. The summed E-state index contributed by atoms with van der Waals surface area (Å²) in [6.45, 7) is 10.1. The number of guanidine groups is 2. The number of carbonyl (C=O) groups excluding carboxylic acids is 6. The van der Waals surface area contributed by atoms with Gasteiger partial charge in [-0.15, -0.1) is 0 Å². The standard InChI is InChI=1S/C39H71N15O9/c1-7-22(6)30(37(62)63)54-36(61)29(18-55)53-35(60)28(16-23-17-45-19-48-23)52-33(58)26(11-9-13-47-39(43)44)49-32(57)25(10-8-12-46-38(41)42)50-34(59)27(15-21(4)5)51-31(56)24(40)14-20(2)3/h17,19-22,24-30,55H,7-16,18,40H2,1-6H3,(H,45,48)(H,49,57)(H,50,59)(H,51,56)(H,52,58)(H,53,60)(H,54,61)(H,62,63)(H4,41,42,46)(H4,43,44,47)/t22-,24-,25-,26-,27-,28-,29-,30-/m0/s1. The van der Waals surface area contributed by atoms with Crippen LogP contribution in [-0.4, -0.2) is 136 Å². The molecule has 0 saturated heterocycles. The van der Waals surface area contributed by atoms with E-state index in [1.165, 1.54) is 12.5 Å². The molecule has 6 amide bonds. The first kappa shape index (κ1) is 55.0. The second kappa shape index (κ2) is 28.5. The zero-order chi connectivity index (χ0) is 47.8. The Hall–Kier alpha value is -6.04. The van der Waals surface area contributed by atoms with Crippen molar-refractivity contribution >= 4 is 53.3 Å². The summed E-state index contributed by atoms with van der Waals surface area (Å²) in [4.78, 5) is 109. The molecule has 0 aliphatic rings. The number of nitrogens with two attached hydrogens (primary N) is 5. The number of aromatic amines is 1. The highest BCUT2D eigenvalue weighted by Gasteiger charge is 2.34. The number of aliphatic carboxylic acids is 1. The summed E-state index contributed by atoms with van der Waals surface area (Å²) in [6, 6.07) is -8.98. The summed E-state index contributed by atoms with van der Waals surface area (Å²) < 4.78 is 0. The first-order chi connectivity index (χ1) is 29.6. The van der Waals surface area contributed by atoms with Crippen LogP contribution in [0.15, 0.2) is 22.5 Å². The zero-order valence-corrected chi connectivity index (χ0v) is 37.2. The first-order valence-corrected chi connectivity index (χ1v) is 21.1. The van der Waals surface area contributed by atoms with Crippen LogP contribution < -0.4 is 60.6 Å². The largest absolute Gasteiger partial charge is 0.480 e. The molecule has 356 valence electrons. The molecule has 0 unspecified atom stereocenters. The van der Waals surface area contributed by atoms with Crippen molar-refractivity contribution in [2.75, 3.05) is 19.7 Å². The predicted octanol–water partition coefficient (Wildman–Crippen LogP) is -3.49. The number of aliphatic imine (C=N–C) groups is 2. The second-order valence-corrected chi connectivity index (χ2v) is 16.2. The first-order valence-electron chi connectivity index (χ1n) is 21.1. The van der Waals surface area contributed by atoms with Crippen molar-refractivity contribution in [2.45, 2.75) is 135 Å². The number of amides is 6. The molecule has 1 aromatic rings. The van der Waals surface area contributed by atoms with Crippen LogP contribution in [0, 0.1) is 17.8 Å². The van der Waals surface area contributed by atoms with Gasteiger partial charge in [-0.05, 0) is 56.3 Å². The van der Waals surface area contributed by atoms with Gasteiger partial charge in [0.05, 0.1) is 19.0 Å². The van der Waals surface area contributed by atoms with Gasteiger partial charge in [0.2, 0.25) is 35.4 Å². The van der Waals surface area contributed by atoms with Gasteiger partial charge in [-0.3, -0.25) is 38.8 Å². The minimum Gasteiger partial charge on any atom is -0.480 e. The molecular weight excluding hydrogens is 823 g/mol. The van der Waals surface area contributed by atoms with Crippen molar-refractivity contribution in [1.82, 2.24) is 41.9 Å². The molecule has 24 heteroatoms. The fraction of sp³-hybridized carbons (Fsp3) is 0.692. The SMILES string of the molecule is CC[C@H](C)[C@H](NC(=O)[C@H](CO)NC(=O)[C@H](Cc1cnc[nH]1)NC(=O)[C@H](CCCN=C(N)N)NC(=O)[C@H](CCCN=C(N)N)NC(=O)[C@H](CC(C)C)NC(=O)[C@@H](N)CC(C)C)C(=O)O. The molecule has 0 bridgehead atoms. The van der Waals surface area contributed by atoms with Crippen molar-refractivity contribution in [3.8, 4) is 0 Å². The Labute approximate surface area is 368 Å². The van der Waals surface area contributed by atoms with Gasteiger partial charge >= 0.3 is 5.97 Å². The number of nitrogens with zero attached hydrogens (tertiary/aromatic N) is 3. The lowest BCUT2D eigenvalue weighted by Gasteiger charge is -2.28. The average Bonchev–Trinajstić information content (AvgIpc) is 3.72. The Balaban J connectivity index is 3.52. The quantitative estimate of drug-likeness (QED) is 0.0203. The van der Waals surface area contributed by atoms with Crippen LogP contribution in [0.3, 0.4) is 0 Å². The third kappa shape index (κ3) is 21.5. The van der Waals surface area contributed by atoms with E-state index in [0.29, 0.717) is 18.5 Å². The predicted molar refractivity (Wildman–Crippen MR) is 235 cm³/mol. The van der Waals surface area contributed by atoms with Gasteiger partial charge in [-0.1, -0.05) is 48.0 Å². The van der Waals surface area contributed by atoms with Crippen LogP contribution in [0.4, 0.5) is 0 Å². The fourth-order valence-electron chi connectivity index (χ4n) is 6.19. The minimum absolute atomic E-state index is 0.0128. The van der Waals surface area contributed by atoms with Gasteiger partial charge in [0.1, 0.15) is 36.3 Å². The minimum atomic E-state index is -1.61. The molecule has 0 aromatic carbocycles. The fourth-order valence-corrected chi connectivity index (χ4v) is 6.19. The summed E-state index contributed by atoms with van der Waals surface area (Å²) in [5.74, 6) is -6.95. The summed E-state index contributed by atoms with van der Waals surface area (Å²) in [6.07, 6.45) is 3.78. The number of carboxylic acid groups (broad SMARTS) is 1. The summed E-state index contributed by atoms with van der Waals surface area (Å²) in [7, 11) is 0. The van der Waals surface area contributed by atoms with E-state index in [4.69, 9.17) is 28.7 Å². The maximum atomic E-state index is 14.1. The average molecular weight is 894 g/mol. The lowest BCUT2D eigenvalue weighted by atomic mass is 9.99. The van der Waals surface area contributed by atoms with Crippen LogP contribution in [0.25, 0.3) is 0 Å². The lowest BCUT2D eigenvalue weighted by molar-refractivity contribution is -0.144. The van der Waals surface area contributed by atoms with Gasteiger partial charge in [0, 0.05) is 31.4 Å². The lowest BCUT2D eigenvalue weighted by Crippen LogP contribution is -2.60. The molecule has 0 saturated carbocycles. The van der Waals surface area contributed by atoms with E-state index in [0.717, 1.165) is 0 Å². The van der Waals surface area contributed by atoms with E-state index < -0.39 is 96.2 Å². The Morgan fingerprint density at radius 2 is 1.11 bits per heavy atom. The van der Waals surface area contributed by atoms with Gasteiger partial charge in [-0.2, -0.15) is 0 Å². The van der Waals surface area contributed by atoms with Gasteiger partial charge < -0.3 is 75.8 Å². The number of carboxylic acids is 1. The van der Waals surface area contributed by atoms with Gasteiger partial charge in [0.15, 0.2) is 11.9 Å². The van der Waals surface area contributed by atoms with Crippen molar-refractivity contribution < 1.29 is 43.8 Å². The number of H-pyrrole nitrogens is 1. The van der Waals surface area contributed by atoms with Gasteiger partial charge in [0.25, 0.3) is 0 Å². The van der Waals surface area contributed by atoms with Crippen molar-refractivity contribution in [1.29, 1.82) is 0 Å². The third-order valence-electron chi connectivity index (χ3n) is 9.76. The van der Waals surface area contributed by atoms with Crippen LogP contribution >= 0.6 is 0 Å². The molecule has 24 nitrogen and oxygen atoms in total. The Kier molecular flexibility index (Phi) is 24.9. The Bertz CT molecular complexity index is 1680. The summed E-state index contributed by atoms with van der Waals surface area (Å²) in [5, 5.41) is 35.1. The summed E-state index contributed by atoms with van der Waals surface area (Å²) in [5.41, 5.74) is 28.4. The maximum absolute atomic E-state index is 14.1. The molecule has 0 fully saturated rings. The van der Waals surface area contributed by atoms with E-state index in [1.807, 2.05) is 27.7 Å². The molecule has 0 spiro atoms.